The van der Waals surface area contributed by atoms with Crippen molar-refractivity contribution in [3.63, 3.8) is 0 Å². The Kier molecular flexibility index (Phi) is 51.3. The zero-order chi connectivity index (χ0) is 56.8. The van der Waals surface area contributed by atoms with Crippen molar-refractivity contribution in [3.8, 4) is 0 Å². The van der Waals surface area contributed by atoms with Crippen LogP contribution >= 0.6 is 0 Å². The summed E-state index contributed by atoms with van der Waals surface area (Å²) in [6.07, 6.45) is 59.4. The molecule has 0 radical (unpaired) electrons. The first-order valence-corrected chi connectivity index (χ1v) is 32.2. The standard InChI is InChI=1S/C67H119NO10/c1-4-7-10-13-16-19-22-25-26-27-28-29-30-31-32-33-34-37-40-43-46-49-52-55-62(72)78-65-64(74)63(73)61(56-69)77-67(65)76-57-58(59(70)53-50-47-44-41-38-35-23-20-17-14-11-8-5-2)68-66(75)60(71)54-51-48-45-42-39-36-24-21-18-15-12-9-6-3/h16,19,25-26,28-29,31-32,39,42,50,53,58-61,63-65,67,69-71,73-74H,4-15,17-18,20-24,27,30,33-38,40-41,43-49,51-52,54-57H2,1-3H3,(H,68,75)/b19-16-,26-25-,29-28-,32-31-,42-39-,53-50+. The van der Waals surface area contributed by atoms with Crippen LogP contribution in [0.1, 0.15) is 278 Å². The van der Waals surface area contributed by atoms with Gasteiger partial charge in [-0.1, -0.05) is 248 Å². The maximum Gasteiger partial charge on any atom is 0.306 e. The molecule has 6 N–H and O–H groups in total. The second-order valence-electron chi connectivity index (χ2n) is 22.1. The van der Waals surface area contributed by atoms with Crippen LogP contribution < -0.4 is 5.32 Å². The third-order valence-electron chi connectivity index (χ3n) is 14.8. The molecule has 0 aliphatic carbocycles. The van der Waals surface area contributed by atoms with Crippen molar-refractivity contribution in [1.29, 1.82) is 0 Å². The fourth-order valence-electron chi connectivity index (χ4n) is 9.69. The predicted molar refractivity (Wildman–Crippen MR) is 324 cm³/mol. The van der Waals surface area contributed by atoms with Crippen molar-refractivity contribution >= 4 is 11.9 Å². The van der Waals surface area contributed by atoms with Gasteiger partial charge in [-0.3, -0.25) is 9.59 Å². The van der Waals surface area contributed by atoms with Crippen LogP contribution in [-0.2, 0) is 23.8 Å². The molecule has 11 nitrogen and oxygen atoms in total. The van der Waals surface area contributed by atoms with Gasteiger partial charge in [0.2, 0.25) is 5.91 Å². The van der Waals surface area contributed by atoms with Crippen LogP contribution in [0, 0.1) is 0 Å². The molecule has 0 spiro atoms. The SMILES string of the molecule is CCCCC/C=C\C/C=C\C/C=C\C/C=C\CCCCCCCCCC(=O)OC1C(OCC(NC(=O)C(O)CCCC/C=C\CCCCCCCCC)C(O)/C=C/CCCCCCCCCCCCC)OC(CO)C(O)C1O. The van der Waals surface area contributed by atoms with Gasteiger partial charge in [0.05, 0.1) is 25.4 Å². The number of ether oxygens (including phenoxy) is 3. The summed E-state index contributed by atoms with van der Waals surface area (Å²) in [4.78, 5) is 26.6. The van der Waals surface area contributed by atoms with Crippen LogP contribution in [0.25, 0.3) is 0 Å². The maximum atomic E-state index is 13.4. The second kappa shape index (κ2) is 54.7. The smallest absolute Gasteiger partial charge is 0.306 e. The third kappa shape index (κ3) is 42.0. The molecule has 1 aliphatic rings. The molecule has 0 bridgehead atoms. The van der Waals surface area contributed by atoms with Crippen LogP contribution in [-0.4, -0.2) is 99.6 Å². The molecule has 0 aromatic carbocycles. The lowest BCUT2D eigenvalue weighted by Gasteiger charge is -2.41. The van der Waals surface area contributed by atoms with E-state index in [-0.39, 0.29) is 19.4 Å². The van der Waals surface area contributed by atoms with Gasteiger partial charge in [-0.15, -0.1) is 0 Å². The number of hydrogen-bond donors (Lipinski definition) is 6. The Morgan fingerprint density at radius 1 is 0.500 bits per heavy atom. The Morgan fingerprint density at radius 3 is 1.36 bits per heavy atom. The number of amides is 1. The van der Waals surface area contributed by atoms with Crippen LogP contribution in [0.3, 0.4) is 0 Å². The lowest BCUT2D eigenvalue weighted by atomic mass is 9.99. The van der Waals surface area contributed by atoms with Gasteiger partial charge in [-0.25, -0.2) is 0 Å². The van der Waals surface area contributed by atoms with E-state index in [1.807, 2.05) is 6.08 Å². The molecular formula is C67H119NO10. The van der Waals surface area contributed by atoms with E-state index >= 15 is 0 Å². The second-order valence-corrected chi connectivity index (χ2v) is 22.1. The quantitative estimate of drug-likeness (QED) is 0.0195. The van der Waals surface area contributed by atoms with E-state index < -0.39 is 67.4 Å². The molecule has 8 unspecified atom stereocenters. The van der Waals surface area contributed by atoms with Gasteiger partial charge in [0, 0.05) is 6.42 Å². The van der Waals surface area contributed by atoms with Gasteiger partial charge in [-0.05, 0) is 96.3 Å². The molecule has 1 rings (SSSR count). The number of aliphatic hydroxyl groups is 5. The summed E-state index contributed by atoms with van der Waals surface area (Å²) in [6, 6.07) is -1.04. The Labute approximate surface area is 477 Å². The number of unbranched alkanes of at least 4 members (excludes halogenated alkanes) is 30. The molecule has 0 aromatic heterocycles. The third-order valence-corrected chi connectivity index (χ3v) is 14.8. The van der Waals surface area contributed by atoms with Crippen LogP contribution in [0.5, 0.6) is 0 Å². The van der Waals surface area contributed by atoms with Crippen molar-refractivity contribution in [2.24, 2.45) is 0 Å². The van der Waals surface area contributed by atoms with Crippen molar-refractivity contribution in [2.45, 2.75) is 327 Å². The Hall–Kier alpha value is -2.90. The summed E-state index contributed by atoms with van der Waals surface area (Å²) in [5, 5.41) is 57.0. The first-order valence-electron chi connectivity index (χ1n) is 32.2. The minimum absolute atomic E-state index is 0.107. The number of allylic oxidation sites excluding steroid dienone is 11. The Morgan fingerprint density at radius 2 is 0.885 bits per heavy atom. The molecule has 1 heterocycles. The highest BCUT2D eigenvalue weighted by Crippen LogP contribution is 2.26. The van der Waals surface area contributed by atoms with E-state index in [0.29, 0.717) is 12.8 Å². The fraction of sp³-hybridized carbons (Fsp3) is 0.791. The number of esters is 1. The van der Waals surface area contributed by atoms with E-state index in [4.69, 9.17) is 14.2 Å². The van der Waals surface area contributed by atoms with Gasteiger partial charge in [0.15, 0.2) is 12.4 Å². The molecule has 1 aliphatic heterocycles. The molecule has 0 aromatic rings. The van der Waals surface area contributed by atoms with Gasteiger partial charge in [0.1, 0.15) is 24.4 Å². The number of rotatable bonds is 54. The lowest BCUT2D eigenvalue weighted by Crippen LogP contribution is -2.61. The summed E-state index contributed by atoms with van der Waals surface area (Å²) in [5.74, 6) is -1.22. The molecule has 0 saturated carbocycles. The van der Waals surface area contributed by atoms with Crippen molar-refractivity contribution in [3.05, 3.63) is 72.9 Å². The van der Waals surface area contributed by atoms with Crippen LogP contribution in [0.15, 0.2) is 72.9 Å². The molecule has 8 atom stereocenters. The van der Waals surface area contributed by atoms with E-state index in [0.717, 1.165) is 103 Å². The molecule has 1 fully saturated rings. The predicted octanol–water partition coefficient (Wildman–Crippen LogP) is 15.6. The van der Waals surface area contributed by atoms with Gasteiger partial charge in [0.25, 0.3) is 0 Å². The maximum absolute atomic E-state index is 13.4. The van der Waals surface area contributed by atoms with Crippen molar-refractivity contribution in [1.82, 2.24) is 5.32 Å². The lowest BCUT2D eigenvalue weighted by molar-refractivity contribution is -0.305. The monoisotopic (exact) mass is 1100 g/mol. The van der Waals surface area contributed by atoms with Gasteiger partial charge >= 0.3 is 5.97 Å². The van der Waals surface area contributed by atoms with E-state index in [9.17, 15) is 35.1 Å². The number of hydrogen-bond acceptors (Lipinski definition) is 10. The van der Waals surface area contributed by atoms with Crippen molar-refractivity contribution in [2.75, 3.05) is 13.2 Å². The van der Waals surface area contributed by atoms with Gasteiger partial charge in [-0.2, -0.15) is 0 Å². The first kappa shape index (κ1) is 73.1. The van der Waals surface area contributed by atoms with E-state index in [2.05, 4.69) is 86.8 Å². The highest BCUT2D eigenvalue weighted by Gasteiger charge is 2.47. The topological polar surface area (TPSA) is 175 Å². The molecule has 452 valence electrons. The number of carbonyl (C=O) groups is 2. The fourth-order valence-corrected chi connectivity index (χ4v) is 9.69. The van der Waals surface area contributed by atoms with E-state index in [1.54, 1.807) is 6.08 Å². The Bertz CT molecular complexity index is 1540. The summed E-state index contributed by atoms with van der Waals surface area (Å²) >= 11 is 0. The molecule has 1 amide bonds. The number of carbonyl (C=O) groups excluding carboxylic acids is 2. The normalized spacial score (nSPS) is 19.4. The number of aliphatic hydroxyl groups excluding tert-OH is 5. The minimum atomic E-state index is -1.62. The average molecular weight is 1100 g/mol. The average Bonchev–Trinajstić information content (AvgIpc) is 3.44. The summed E-state index contributed by atoms with van der Waals surface area (Å²) < 4.78 is 17.6. The zero-order valence-electron chi connectivity index (χ0n) is 50.0. The summed E-state index contributed by atoms with van der Waals surface area (Å²) in [6.45, 7) is 5.75. The summed E-state index contributed by atoms with van der Waals surface area (Å²) in [7, 11) is 0. The number of nitrogens with one attached hydrogen (secondary N) is 1. The first-order chi connectivity index (χ1) is 38.2. The molecule has 11 heteroatoms. The molecule has 78 heavy (non-hydrogen) atoms. The minimum Gasteiger partial charge on any atom is -0.454 e. The highest BCUT2D eigenvalue weighted by atomic mass is 16.7. The Balaban J connectivity index is 2.66. The van der Waals surface area contributed by atoms with E-state index in [1.165, 1.54) is 128 Å². The van der Waals surface area contributed by atoms with Crippen LogP contribution in [0.4, 0.5) is 0 Å². The molecular weight excluding hydrogens is 979 g/mol. The largest absolute Gasteiger partial charge is 0.454 e. The van der Waals surface area contributed by atoms with Gasteiger partial charge < -0.3 is 45.1 Å². The zero-order valence-corrected chi connectivity index (χ0v) is 50.0. The van der Waals surface area contributed by atoms with Crippen molar-refractivity contribution < 1.29 is 49.3 Å². The highest BCUT2D eigenvalue weighted by molar-refractivity contribution is 5.80. The van der Waals surface area contributed by atoms with Crippen LogP contribution in [0.2, 0.25) is 0 Å². The summed E-state index contributed by atoms with van der Waals surface area (Å²) in [5.41, 5.74) is 0. The molecule has 1 saturated heterocycles.